The van der Waals surface area contributed by atoms with Crippen LogP contribution in [0.5, 0.6) is 11.5 Å². The quantitative estimate of drug-likeness (QED) is 0.394. The van der Waals surface area contributed by atoms with Crippen molar-refractivity contribution in [1.82, 2.24) is 0 Å². The summed E-state index contributed by atoms with van der Waals surface area (Å²) in [4.78, 5) is 14.2. The van der Waals surface area contributed by atoms with Gasteiger partial charge in [0.1, 0.15) is 10.6 Å². The molecule has 32 heavy (non-hydrogen) atoms. The van der Waals surface area contributed by atoms with Gasteiger partial charge in [0.05, 0.1) is 5.56 Å². The fourth-order valence-corrected chi connectivity index (χ4v) is 5.46. The number of aryl methyl sites for hydroxylation is 1. The number of carbonyl (C=O) groups excluding carboxylic acids is 1. The van der Waals surface area contributed by atoms with Crippen LogP contribution in [-0.2, 0) is 11.2 Å². The molecule has 10 heteroatoms. The van der Waals surface area contributed by atoms with Crippen molar-refractivity contribution in [3.05, 3.63) is 34.2 Å². The van der Waals surface area contributed by atoms with E-state index in [4.69, 9.17) is 17.0 Å². The third-order valence-electron chi connectivity index (χ3n) is 5.05. The van der Waals surface area contributed by atoms with Crippen LogP contribution < -0.4 is 20.1 Å². The van der Waals surface area contributed by atoms with E-state index in [1.165, 1.54) is 23.5 Å². The van der Waals surface area contributed by atoms with E-state index < -0.39 is 11.9 Å². The maximum Gasteiger partial charge on any atom is 0.586 e. The number of hydrogen-bond donors (Lipinski definition) is 2. The number of anilines is 2. The van der Waals surface area contributed by atoms with Crippen LogP contribution in [0, 0.1) is 0 Å². The lowest BCUT2D eigenvalue weighted by Crippen LogP contribution is -2.26. The van der Waals surface area contributed by atoms with E-state index in [0.29, 0.717) is 16.3 Å². The fraction of sp³-hybridized carbons (Fsp3) is 0.455. The summed E-state index contributed by atoms with van der Waals surface area (Å²) in [6.45, 7) is 7.60. The largest absolute Gasteiger partial charge is 0.586 e. The standard InChI is InChI=1S/C22H24F2N2O4S2/c1-11-6-5-7-15-16(11)17(19(27)30-21(2,3)4)18(32-15)26-20(31)25-12-8-9-13-14(10-12)29-22(23,24)28-13/h8-11H,5-7H2,1-4H3,(H2,25,26,31). The Bertz CT molecular complexity index is 1080. The van der Waals surface area contributed by atoms with Crippen LogP contribution >= 0.6 is 23.6 Å². The van der Waals surface area contributed by atoms with Crippen molar-refractivity contribution in [3.63, 3.8) is 0 Å². The van der Waals surface area contributed by atoms with Crippen molar-refractivity contribution in [3.8, 4) is 11.5 Å². The second kappa shape index (κ2) is 8.15. The van der Waals surface area contributed by atoms with Crippen molar-refractivity contribution in [2.45, 2.75) is 64.8 Å². The van der Waals surface area contributed by atoms with Crippen LogP contribution in [0.1, 0.15) is 67.3 Å². The number of rotatable bonds is 3. The molecule has 2 aliphatic rings. The highest BCUT2D eigenvalue weighted by atomic mass is 32.1. The summed E-state index contributed by atoms with van der Waals surface area (Å²) in [6.07, 6.45) is -0.719. The van der Waals surface area contributed by atoms with Crippen molar-refractivity contribution in [1.29, 1.82) is 0 Å². The number of thiocarbonyl (C=S) groups is 1. The molecule has 2 N–H and O–H groups in total. The summed E-state index contributed by atoms with van der Waals surface area (Å²) in [6, 6.07) is 4.30. The van der Waals surface area contributed by atoms with Gasteiger partial charge in [-0.2, -0.15) is 0 Å². The molecule has 1 aromatic heterocycles. The number of nitrogens with one attached hydrogen (secondary N) is 2. The molecule has 1 unspecified atom stereocenters. The van der Waals surface area contributed by atoms with E-state index in [-0.39, 0.29) is 28.5 Å². The number of thiophene rings is 1. The molecule has 1 aliphatic carbocycles. The SMILES string of the molecule is CC1CCCc2sc(NC(=S)Nc3ccc4c(c3)OC(F)(F)O4)c(C(=O)OC(C)(C)C)c21. The fourth-order valence-electron chi connectivity index (χ4n) is 3.82. The average molecular weight is 483 g/mol. The molecule has 2 heterocycles. The molecule has 2 aromatic rings. The van der Waals surface area contributed by atoms with Crippen LogP contribution in [0.25, 0.3) is 0 Å². The van der Waals surface area contributed by atoms with E-state index in [2.05, 4.69) is 27.0 Å². The van der Waals surface area contributed by atoms with Crippen LogP contribution in [-0.4, -0.2) is 23.0 Å². The molecule has 0 bridgehead atoms. The molecular weight excluding hydrogens is 458 g/mol. The maximum absolute atomic E-state index is 13.3. The van der Waals surface area contributed by atoms with Gasteiger partial charge in [-0.15, -0.1) is 20.1 Å². The Morgan fingerprint density at radius 3 is 2.69 bits per heavy atom. The highest BCUT2D eigenvalue weighted by Gasteiger charge is 2.43. The van der Waals surface area contributed by atoms with Gasteiger partial charge in [0.15, 0.2) is 16.6 Å². The number of halogens is 2. The lowest BCUT2D eigenvalue weighted by atomic mass is 9.86. The second-order valence-corrected chi connectivity index (χ2v) is 10.4. The number of fused-ring (bicyclic) bond motifs is 2. The normalized spacial score (nSPS) is 18.6. The maximum atomic E-state index is 13.3. The first-order valence-corrected chi connectivity index (χ1v) is 11.5. The number of carbonyl (C=O) groups is 1. The molecular formula is C22H24F2N2O4S2. The van der Waals surface area contributed by atoms with Gasteiger partial charge in [0, 0.05) is 16.6 Å². The van der Waals surface area contributed by atoms with Crippen LogP contribution in [0.4, 0.5) is 19.5 Å². The minimum Gasteiger partial charge on any atom is -0.456 e. The Morgan fingerprint density at radius 2 is 1.97 bits per heavy atom. The molecule has 6 nitrogen and oxygen atoms in total. The van der Waals surface area contributed by atoms with Gasteiger partial charge in [-0.05, 0) is 75.9 Å². The summed E-state index contributed by atoms with van der Waals surface area (Å²) in [5.41, 5.74) is 1.35. The Balaban J connectivity index is 1.56. The molecule has 0 radical (unpaired) electrons. The first kappa shape index (κ1) is 22.7. The summed E-state index contributed by atoms with van der Waals surface area (Å²) >= 11 is 6.92. The Labute approximate surface area is 194 Å². The Kier molecular flexibility index (Phi) is 5.79. The lowest BCUT2D eigenvalue weighted by molar-refractivity contribution is -0.286. The predicted octanol–water partition coefficient (Wildman–Crippen LogP) is 6.27. The van der Waals surface area contributed by atoms with Crippen LogP contribution in [0.2, 0.25) is 0 Å². The molecule has 1 aromatic carbocycles. The molecule has 0 amide bonds. The molecule has 1 atom stereocenters. The zero-order valence-corrected chi connectivity index (χ0v) is 19.8. The Hall–Kier alpha value is -2.46. The molecule has 0 fully saturated rings. The molecule has 4 rings (SSSR count). The van der Waals surface area contributed by atoms with Gasteiger partial charge in [-0.1, -0.05) is 6.92 Å². The second-order valence-electron chi connectivity index (χ2n) is 8.85. The van der Waals surface area contributed by atoms with E-state index in [1.807, 2.05) is 20.8 Å². The van der Waals surface area contributed by atoms with Crippen molar-refractivity contribution < 1.29 is 27.8 Å². The van der Waals surface area contributed by atoms with Crippen LogP contribution in [0.15, 0.2) is 18.2 Å². The number of esters is 1. The van der Waals surface area contributed by atoms with Crippen LogP contribution in [0.3, 0.4) is 0 Å². The molecule has 0 saturated heterocycles. The van der Waals surface area contributed by atoms with Crippen molar-refractivity contribution in [2.24, 2.45) is 0 Å². The lowest BCUT2D eigenvalue weighted by Gasteiger charge is -2.23. The van der Waals surface area contributed by atoms with E-state index in [0.717, 1.165) is 29.7 Å². The van der Waals surface area contributed by atoms with Gasteiger partial charge in [0.2, 0.25) is 0 Å². The summed E-state index contributed by atoms with van der Waals surface area (Å²) < 4.78 is 41.1. The summed E-state index contributed by atoms with van der Waals surface area (Å²) in [5.74, 6) is -0.284. The zero-order valence-electron chi connectivity index (χ0n) is 18.1. The number of benzene rings is 1. The van der Waals surface area contributed by atoms with E-state index >= 15 is 0 Å². The minimum atomic E-state index is -3.69. The monoisotopic (exact) mass is 482 g/mol. The Morgan fingerprint density at radius 1 is 1.25 bits per heavy atom. The average Bonchev–Trinajstić information content (AvgIpc) is 3.16. The van der Waals surface area contributed by atoms with Gasteiger partial charge >= 0.3 is 12.3 Å². The zero-order chi connectivity index (χ0) is 23.3. The van der Waals surface area contributed by atoms with Gasteiger partial charge in [-0.3, -0.25) is 0 Å². The van der Waals surface area contributed by atoms with E-state index in [9.17, 15) is 13.6 Å². The number of ether oxygens (including phenoxy) is 3. The van der Waals surface area contributed by atoms with Gasteiger partial charge in [-0.25, -0.2) is 4.79 Å². The van der Waals surface area contributed by atoms with Crippen molar-refractivity contribution >= 4 is 45.3 Å². The predicted molar refractivity (Wildman–Crippen MR) is 123 cm³/mol. The molecule has 1 aliphatic heterocycles. The molecule has 0 saturated carbocycles. The highest BCUT2D eigenvalue weighted by Crippen LogP contribution is 2.45. The third-order valence-corrected chi connectivity index (χ3v) is 6.43. The summed E-state index contributed by atoms with van der Waals surface area (Å²) in [5, 5.41) is 6.88. The smallest absolute Gasteiger partial charge is 0.456 e. The first-order chi connectivity index (χ1) is 14.9. The van der Waals surface area contributed by atoms with Gasteiger partial charge < -0.3 is 24.8 Å². The number of alkyl halides is 2. The molecule has 172 valence electrons. The topological polar surface area (TPSA) is 68.8 Å². The van der Waals surface area contributed by atoms with Crippen molar-refractivity contribution in [2.75, 3.05) is 10.6 Å². The van der Waals surface area contributed by atoms with Gasteiger partial charge in [0.25, 0.3) is 0 Å². The minimum absolute atomic E-state index is 0.0495. The van der Waals surface area contributed by atoms with E-state index in [1.54, 1.807) is 6.07 Å². The first-order valence-electron chi connectivity index (χ1n) is 10.3. The molecule has 0 spiro atoms. The summed E-state index contributed by atoms with van der Waals surface area (Å²) in [7, 11) is 0. The number of hydrogen-bond acceptors (Lipinski definition) is 6. The third kappa shape index (κ3) is 4.80. The highest BCUT2D eigenvalue weighted by molar-refractivity contribution is 7.80.